The molecule has 0 N–H and O–H groups in total. The van der Waals surface area contributed by atoms with Crippen LogP contribution in [0.4, 0.5) is 5.95 Å². The molecule has 9 heteroatoms. The van der Waals surface area contributed by atoms with Gasteiger partial charge in [-0.25, -0.2) is 18.4 Å². The molecule has 2 aromatic rings. The molecular formula is C15H17BrN4O3S. The lowest BCUT2D eigenvalue weighted by atomic mass is 10.3. The third-order valence-electron chi connectivity index (χ3n) is 3.82. The molecule has 0 unspecified atom stereocenters. The van der Waals surface area contributed by atoms with Crippen molar-refractivity contribution in [3.05, 3.63) is 41.1 Å². The third-order valence-corrected chi connectivity index (χ3v) is 6.23. The van der Waals surface area contributed by atoms with E-state index in [-0.39, 0.29) is 4.90 Å². The lowest BCUT2D eigenvalue weighted by Crippen LogP contribution is -2.49. The number of methoxy groups -OCH3 is 1. The SMILES string of the molecule is COc1ccc(Br)cc1S(=O)(=O)N1CCN(c2ncccn2)CC1. The number of sulfonamides is 1. The summed E-state index contributed by atoms with van der Waals surface area (Å²) >= 11 is 3.32. The van der Waals surface area contributed by atoms with Gasteiger partial charge < -0.3 is 9.64 Å². The number of benzene rings is 1. The number of aromatic nitrogens is 2. The maximum atomic E-state index is 12.9. The van der Waals surface area contributed by atoms with Gasteiger partial charge in [0, 0.05) is 43.0 Å². The Labute approximate surface area is 149 Å². The van der Waals surface area contributed by atoms with Gasteiger partial charge >= 0.3 is 0 Å². The molecule has 24 heavy (non-hydrogen) atoms. The summed E-state index contributed by atoms with van der Waals surface area (Å²) in [6.45, 7) is 1.83. The van der Waals surface area contributed by atoms with Crippen molar-refractivity contribution in [2.45, 2.75) is 4.90 Å². The molecule has 0 spiro atoms. The molecule has 128 valence electrons. The largest absolute Gasteiger partial charge is 0.495 e. The second-order valence-electron chi connectivity index (χ2n) is 5.24. The van der Waals surface area contributed by atoms with Gasteiger partial charge in [0.05, 0.1) is 7.11 Å². The molecule has 1 saturated heterocycles. The van der Waals surface area contributed by atoms with Crippen molar-refractivity contribution >= 4 is 31.9 Å². The maximum absolute atomic E-state index is 12.9. The molecule has 1 aliphatic heterocycles. The summed E-state index contributed by atoms with van der Waals surface area (Å²) < 4.78 is 33.2. The van der Waals surface area contributed by atoms with Crippen molar-refractivity contribution in [3.63, 3.8) is 0 Å². The van der Waals surface area contributed by atoms with Crippen LogP contribution >= 0.6 is 15.9 Å². The smallest absolute Gasteiger partial charge is 0.246 e. The van der Waals surface area contributed by atoms with E-state index in [1.807, 2.05) is 4.90 Å². The molecule has 0 atom stereocenters. The van der Waals surface area contributed by atoms with E-state index in [1.165, 1.54) is 11.4 Å². The van der Waals surface area contributed by atoms with Crippen LogP contribution in [0.3, 0.4) is 0 Å². The predicted octanol–water partition coefficient (Wildman–Crippen LogP) is 1.76. The molecule has 1 fully saturated rings. The quantitative estimate of drug-likeness (QED) is 0.761. The second kappa shape index (κ2) is 7.04. The maximum Gasteiger partial charge on any atom is 0.246 e. The van der Waals surface area contributed by atoms with Gasteiger partial charge in [0.15, 0.2) is 0 Å². The number of hydrogen-bond donors (Lipinski definition) is 0. The first kappa shape index (κ1) is 17.1. The minimum absolute atomic E-state index is 0.170. The number of nitrogens with zero attached hydrogens (tertiary/aromatic N) is 4. The van der Waals surface area contributed by atoms with Crippen molar-refractivity contribution in [2.24, 2.45) is 0 Å². The first-order valence-electron chi connectivity index (χ1n) is 7.38. The fourth-order valence-corrected chi connectivity index (χ4v) is 4.69. The number of hydrogen-bond acceptors (Lipinski definition) is 6. The highest BCUT2D eigenvalue weighted by Gasteiger charge is 2.31. The highest BCUT2D eigenvalue weighted by Crippen LogP contribution is 2.30. The summed E-state index contributed by atoms with van der Waals surface area (Å²) in [6, 6.07) is 6.72. The van der Waals surface area contributed by atoms with Crippen molar-refractivity contribution < 1.29 is 13.2 Å². The van der Waals surface area contributed by atoms with E-state index in [0.29, 0.717) is 42.3 Å². The minimum Gasteiger partial charge on any atom is -0.495 e. The van der Waals surface area contributed by atoms with Gasteiger partial charge in [-0.1, -0.05) is 15.9 Å². The Kier molecular flexibility index (Phi) is 5.02. The Hall–Kier alpha value is -1.71. The summed E-state index contributed by atoms with van der Waals surface area (Å²) in [5.74, 6) is 0.960. The van der Waals surface area contributed by atoms with Gasteiger partial charge in [-0.15, -0.1) is 0 Å². The Morgan fingerprint density at radius 1 is 1.12 bits per heavy atom. The van der Waals surface area contributed by atoms with Crippen LogP contribution in [0.2, 0.25) is 0 Å². The zero-order valence-corrected chi connectivity index (χ0v) is 15.5. The van der Waals surface area contributed by atoms with Crippen molar-refractivity contribution in [3.8, 4) is 5.75 Å². The second-order valence-corrected chi connectivity index (χ2v) is 8.06. The number of ether oxygens (including phenoxy) is 1. The molecule has 0 saturated carbocycles. The van der Waals surface area contributed by atoms with E-state index in [2.05, 4.69) is 25.9 Å². The monoisotopic (exact) mass is 412 g/mol. The molecule has 7 nitrogen and oxygen atoms in total. The van der Waals surface area contributed by atoms with Crippen LogP contribution in [0.5, 0.6) is 5.75 Å². The number of piperazine rings is 1. The van der Waals surface area contributed by atoms with Crippen LogP contribution in [0.15, 0.2) is 46.0 Å². The number of halogens is 1. The molecule has 0 bridgehead atoms. The lowest BCUT2D eigenvalue weighted by Gasteiger charge is -2.34. The van der Waals surface area contributed by atoms with Crippen LogP contribution in [0.25, 0.3) is 0 Å². The number of anilines is 1. The fraction of sp³-hybridized carbons (Fsp3) is 0.333. The van der Waals surface area contributed by atoms with Gasteiger partial charge in [-0.05, 0) is 24.3 Å². The Morgan fingerprint density at radius 3 is 2.42 bits per heavy atom. The predicted molar refractivity (Wildman–Crippen MR) is 93.7 cm³/mol. The van der Waals surface area contributed by atoms with Crippen LogP contribution in [0, 0.1) is 0 Å². The highest BCUT2D eigenvalue weighted by molar-refractivity contribution is 9.10. The molecule has 0 aliphatic carbocycles. The molecule has 1 aromatic heterocycles. The average Bonchev–Trinajstić information content (AvgIpc) is 2.62. The van der Waals surface area contributed by atoms with E-state index in [1.54, 1.807) is 36.7 Å². The molecule has 0 amide bonds. The molecular weight excluding hydrogens is 396 g/mol. The van der Waals surface area contributed by atoms with Crippen molar-refractivity contribution in [2.75, 3.05) is 38.2 Å². The summed E-state index contributed by atoms with van der Waals surface area (Å²) in [5.41, 5.74) is 0. The van der Waals surface area contributed by atoms with Gasteiger partial charge in [0.2, 0.25) is 16.0 Å². The average molecular weight is 413 g/mol. The normalized spacial score (nSPS) is 16.2. The number of rotatable bonds is 4. The summed E-state index contributed by atoms with van der Waals surface area (Å²) in [5, 5.41) is 0. The van der Waals surface area contributed by atoms with Crippen LogP contribution in [-0.4, -0.2) is 56.0 Å². The van der Waals surface area contributed by atoms with Crippen LogP contribution in [0.1, 0.15) is 0 Å². The van der Waals surface area contributed by atoms with E-state index in [0.717, 1.165) is 0 Å². The van der Waals surface area contributed by atoms with E-state index < -0.39 is 10.0 Å². The standard InChI is InChI=1S/C15H17BrN4O3S/c1-23-13-4-3-12(16)11-14(13)24(21,22)20-9-7-19(8-10-20)15-17-5-2-6-18-15/h2-6,11H,7-10H2,1H3. The summed E-state index contributed by atoms with van der Waals surface area (Å²) in [6.07, 6.45) is 3.36. The first-order valence-corrected chi connectivity index (χ1v) is 9.61. The fourth-order valence-electron chi connectivity index (χ4n) is 2.57. The van der Waals surface area contributed by atoms with E-state index >= 15 is 0 Å². The van der Waals surface area contributed by atoms with Crippen molar-refractivity contribution in [1.82, 2.24) is 14.3 Å². The minimum atomic E-state index is -3.62. The zero-order chi connectivity index (χ0) is 17.2. The molecule has 1 aliphatic rings. The Balaban J connectivity index is 1.79. The van der Waals surface area contributed by atoms with E-state index in [9.17, 15) is 8.42 Å². The Morgan fingerprint density at radius 2 is 1.79 bits per heavy atom. The summed E-state index contributed by atoms with van der Waals surface area (Å²) in [7, 11) is -2.16. The molecule has 2 heterocycles. The summed E-state index contributed by atoms with van der Waals surface area (Å²) in [4.78, 5) is 10.6. The lowest BCUT2D eigenvalue weighted by molar-refractivity contribution is 0.372. The van der Waals surface area contributed by atoms with Gasteiger partial charge in [-0.3, -0.25) is 0 Å². The van der Waals surface area contributed by atoms with Gasteiger partial charge in [0.25, 0.3) is 0 Å². The topological polar surface area (TPSA) is 75.6 Å². The highest BCUT2D eigenvalue weighted by atomic mass is 79.9. The molecule has 1 aromatic carbocycles. The third kappa shape index (κ3) is 3.38. The molecule has 3 rings (SSSR count). The Bertz CT molecular complexity index is 809. The van der Waals surface area contributed by atoms with Gasteiger partial charge in [-0.2, -0.15) is 4.31 Å². The van der Waals surface area contributed by atoms with Gasteiger partial charge in [0.1, 0.15) is 10.6 Å². The van der Waals surface area contributed by atoms with E-state index in [4.69, 9.17) is 4.74 Å². The first-order chi connectivity index (χ1) is 11.5. The zero-order valence-electron chi connectivity index (χ0n) is 13.1. The van der Waals surface area contributed by atoms with Crippen molar-refractivity contribution in [1.29, 1.82) is 0 Å². The van der Waals surface area contributed by atoms with Crippen LogP contribution < -0.4 is 9.64 Å². The van der Waals surface area contributed by atoms with Crippen LogP contribution in [-0.2, 0) is 10.0 Å². The molecule has 0 radical (unpaired) electrons.